The molecule has 1 saturated heterocycles. The molecule has 2 aliphatic heterocycles. The maximum absolute atomic E-state index is 14.3. The highest BCUT2D eigenvalue weighted by molar-refractivity contribution is 6.38. The average Bonchev–Trinajstić information content (AvgIpc) is 3.58. The first-order valence-corrected chi connectivity index (χ1v) is 18.7. The Morgan fingerprint density at radius 3 is 2.38 bits per heavy atom. The van der Waals surface area contributed by atoms with E-state index in [2.05, 4.69) is 21.3 Å². The van der Waals surface area contributed by atoms with Crippen LogP contribution in [0.1, 0.15) is 70.5 Å². The van der Waals surface area contributed by atoms with Crippen LogP contribution in [0.15, 0.2) is 54.6 Å². The topological polar surface area (TPSA) is 193 Å². The zero-order chi connectivity index (χ0) is 40.3. The van der Waals surface area contributed by atoms with Crippen molar-refractivity contribution in [2.24, 2.45) is 5.41 Å². The predicted octanol–water partition coefficient (Wildman–Crippen LogP) is 1.44. The van der Waals surface area contributed by atoms with Crippen LogP contribution in [-0.2, 0) is 44.7 Å². The minimum Gasteiger partial charge on any atom is -0.493 e. The van der Waals surface area contributed by atoms with E-state index in [9.17, 15) is 33.6 Å². The highest BCUT2D eigenvalue weighted by Gasteiger charge is 2.46. The number of fused-ring (bicyclic) bond motifs is 4. The first kappa shape index (κ1) is 42.4. The molecule has 55 heavy (non-hydrogen) atoms. The van der Waals surface area contributed by atoms with Gasteiger partial charge in [0, 0.05) is 33.5 Å². The molecule has 4 N–H and O–H groups in total. The quantitative estimate of drug-likeness (QED) is 0.246. The second-order valence-corrected chi connectivity index (χ2v) is 15.2. The van der Waals surface area contributed by atoms with Gasteiger partial charge in [-0.1, -0.05) is 76.6 Å². The number of nitrogens with one attached hydrogen (secondary N) is 4. The van der Waals surface area contributed by atoms with Crippen LogP contribution >= 0.6 is 0 Å². The van der Waals surface area contributed by atoms with Crippen molar-refractivity contribution in [1.29, 1.82) is 0 Å². The third kappa shape index (κ3) is 11.8. The molecule has 1 fully saturated rings. The Bertz CT molecular complexity index is 1710. The van der Waals surface area contributed by atoms with Crippen LogP contribution in [0.4, 0.5) is 0 Å². The van der Waals surface area contributed by atoms with Gasteiger partial charge in [0.1, 0.15) is 23.9 Å². The summed E-state index contributed by atoms with van der Waals surface area (Å²) in [5.74, 6) is -4.03. The number of nitrogens with zero attached hydrogens (tertiary/aromatic N) is 2. The van der Waals surface area contributed by atoms with Gasteiger partial charge in [0.15, 0.2) is 0 Å². The van der Waals surface area contributed by atoms with E-state index in [1.807, 2.05) is 20.8 Å². The van der Waals surface area contributed by atoms with E-state index < -0.39 is 71.6 Å². The van der Waals surface area contributed by atoms with Crippen LogP contribution in [0, 0.1) is 5.41 Å². The summed E-state index contributed by atoms with van der Waals surface area (Å²) in [7, 11) is 3.11. The summed E-state index contributed by atoms with van der Waals surface area (Å²) < 4.78 is 12.0. The van der Waals surface area contributed by atoms with Gasteiger partial charge in [-0.2, -0.15) is 0 Å². The number of hydrogen-bond acceptors (Lipinski definition) is 9. The Labute approximate surface area is 322 Å². The molecule has 0 radical (unpaired) electrons. The molecule has 5 atom stereocenters. The third-order valence-corrected chi connectivity index (χ3v) is 9.41. The van der Waals surface area contributed by atoms with Crippen molar-refractivity contribution >= 4 is 41.2 Å². The molecule has 2 aromatic rings. The molecule has 0 spiro atoms. The van der Waals surface area contributed by atoms with Crippen molar-refractivity contribution in [3.8, 4) is 5.75 Å². The smallest absolute Gasteiger partial charge is 0.290 e. The molecule has 2 heterocycles. The zero-order valence-corrected chi connectivity index (χ0v) is 32.5. The van der Waals surface area contributed by atoms with E-state index in [4.69, 9.17) is 9.47 Å². The molecular weight excluding hydrogens is 708 g/mol. The van der Waals surface area contributed by atoms with E-state index in [0.29, 0.717) is 42.9 Å². The summed E-state index contributed by atoms with van der Waals surface area (Å²) in [6, 6.07) is 11.5. The van der Waals surface area contributed by atoms with Crippen molar-refractivity contribution < 1.29 is 43.0 Å². The first-order valence-electron chi connectivity index (χ1n) is 18.7. The second-order valence-electron chi connectivity index (χ2n) is 15.2. The lowest BCUT2D eigenvalue weighted by Crippen LogP contribution is -2.59. The van der Waals surface area contributed by atoms with Crippen molar-refractivity contribution in [2.75, 3.05) is 40.4 Å². The highest BCUT2D eigenvalue weighted by atomic mass is 16.5. The van der Waals surface area contributed by atoms with E-state index in [0.717, 1.165) is 0 Å². The number of rotatable bonds is 11. The molecule has 4 rings (SSSR count). The lowest BCUT2D eigenvalue weighted by molar-refractivity contribution is -0.145. The molecule has 4 bridgehead atoms. The lowest BCUT2D eigenvalue weighted by Gasteiger charge is -2.35. The molecule has 2 aromatic carbocycles. The van der Waals surface area contributed by atoms with Gasteiger partial charge in [0.05, 0.1) is 38.3 Å². The summed E-state index contributed by atoms with van der Waals surface area (Å²) in [5.41, 5.74) is 0.513. The normalized spacial score (nSPS) is 20.3. The fraction of sp³-hybridized carbons (Fsp3) is 0.525. The molecule has 298 valence electrons. The van der Waals surface area contributed by atoms with Crippen LogP contribution in [0.25, 0.3) is 0 Å². The maximum atomic E-state index is 14.3. The minimum atomic E-state index is -1.25. The van der Waals surface area contributed by atoms with Crippen molar-refractivity contribution in [2.45, 2.75) is 90.1 Å². The van der Waals surface area contributed by atoms with E-state index in [-0.39, 0.29) is 37.6 Å². The van der Waals surface area contributed by atoms with Gasteiger partial charge in [-0.15, -0.1) is 0 Å². The molecule has 15 heteroatoms. The van der Waals surface area contributed by atoms with Crippen LogP contribution in [0.3, 0.4) is 0 Å². The van der Waals surface area contributed by atoms with E-state index in [1.165, 1.54) is 9.80 Å². The van der Waals surface area contributed by atoms with Crippen LogP contribution in [-0.4, -0.2) is 116 Å². The number of hydrogen-bond donors (Lipinski definition) is 4. The molecular formula is C40H54N6O9. The SMILES string of the molecule is CCC[C@@H](NC(=O)[C@@H]1C[C@H]2CN1C(=O)[C@H](C(C)(C)C)NC(=O)Cc1cccc(c1)OCCCO2)C(=O)C(=O)NCC(=O)N[C@H](C(=O)N(C)C)c1ccccc1. The number of ether oxygens (including phenoxy) is 2. The van der Waals surface area contributed by atoms with Gasteiger partial charge in [-0.25, -0.2) is 0 Å². The maximum Gasteiger partial charge on any atom is 0.290 e. The molecule has 6 amide bonds. The minimum absolute atomic E-state index is 0.0130. The van der Waals surface area contributed by atoms with Crippen LogP contribution < -0.4 is 26.0 Å². The summed E-state index contributed by atoms with van der Waals surface area (Å²) in [5, 5.41) is 10.5. The zero-order valence-electron chi connectivity index (χ0n) is 32.5. The number of amides is 6. The number of likely N-dealkylation sites (N-methyl/N-ethyl adjacent to an activating group) is 1. The highest BCUT2D eigenvalue weighted by Crippen LogP contribution is 2.28. The molecule has 15 nitrogen and oxygen atoms in total. The van der Waals surface area contributed by atoms with Crippen molar-refractivity contribution in [3.05, 3.63) is 65.7 Å². The second kappa shape index (κ2) is 19.3. The van der Waals surface area contributed by atoms with Gasteiger partial charge in [-0.3, -0.25) is 33.6 Å². The molecule has 0 unspecified atom stereocenters. The number of Topliss-reactive ketones (excluding diaryl/α,β-unsaturated/α-hetero) is 1. The number of ketones is 1. The van der Waals surface area contributed by atoms with Gasteiger partial charge in [-0.05, 0) is 35.1 Å². The Morgan fingerprint density at radius 1 is 0.982 bits per heavy atom. The van der Waals surface area contributed by atoms with E-state index in [1.54, 1.807) is 75.6 Å². The number of benzene rings is 2. The largest absolute Gasteiger partial charge is 0.493 e. The van der Waals surface area contributed by atoms with Crippen molar-refractivity contribution in [3.63, 3.8) is 0 Å². The fourth-order valence-corrected chi connectivity index (χ4v) is 6.50. The molecule has 0 saturated carbocycles. The average molecular weight is 763 g/mol. The van der Waals surface area contributed by atoms with Gasteiger partial charge in [0.25, 0.3) is 5.91 Å². The number of carbonyl (C=O) groups is 7. The standard InChI is InChI=1S/C40H54N6O9/c1-7-13-29(34(49)37(51)41-23-32(48)43-33(38(52)45(5)6)26-15-9-8-10-16-26)42-36(50)30-22-28-24-46(30)39(53)35(40(2,3)4)44-31(47)21-25-14-11-17-27(20-25)54-18-12-19-55-28/h8-11,14-17,20,28-30,33,35H,7,12-13,18-19,21-24H2,1-6H3,(H,41,51)(H,42,50)(H,43,48)(H,44,47)/t28-,29+,30-,33-,35+/m0/s1. The van der Waals surface area contributed by atoms with Gasteiger partial charge < -0.3 is 40.5 Å². The Balaban J connectivity index is 1.47. The summed E-state index contributed by atoms with van der Waals surface area (Å²) in [4.78, 5) is 96.5. The summed E-state index contributed by atoms with van der Waals surface area (Å²) in [6.07, 6.45) is 0.692. The van der Waals surface area contributed by atoms with Crippen LogP contribution in [0.2, 0.25) is 0 Å². The Kier molecular flexibility index (Phi) is 14.9. The molecule has 2 aliphatic rings. The molecule has 0 aliphatic carbocycles. The van der Waals surface area contributed by atoms with Crippen LogP contribution in [0.5, 0.6) is 5.75 Å². The van der Waals surface area contributed by atoms with Gasteiger partial charge >= 0.3 is 0 Å². The fourth-order valence-electron chi connectivity index (χ4n) is 6.50. The summed E-state index contributed by atoms with van der Waals surface area (Å²) >= 11 is 0. The Hall–Kier alpha value is -5.31. The number of carbonyl (C=O) groups excluding carboxylic acids is 7. The Morgan fingerprint density at radius 2 is 1.71 bits per heavy atom. The summed E-state index contributed by atoms with van der Waals surface area (Å²) in [6.45, 7) is 7.37. The third-order valence-electron chi connectivity index (χ3n) is 9.41. The van der Waals surface area contributed by atoms with Crippen molar-refractivity contribution in [1.82, 2.24) is 31.1 Å². The molecule has 0 aromatic heterocycles. The predicted molar refractivity (Wildman–Crippen MR) is 202 cm³/mol. The van der Waals surface area contributed by atoms with E-state index >= 15 is 0 Å². The lowest BCUT2D eigenvalue weighted by atomic mass is 9.85. The van der Waals surface area contributed by atoms with Gasteiger partial charge in [0.2, 0.25) is 35.3 Å². The monoisotopic (exact) mass is 762 g/mol. The first-order chi connectivity index (χ1) is 26.1.